The third-order valence-electron chi connectivity index (χ3n) is 4.95. The number of hydrogen-bond donors (Lipinski definition) is 1. The molecule has 4 fully saturated rings. The summed E-state index contributed by atoms with van der Waals surface area (Å²) in [5.41, 5.74) is 0.647. The number of likely N-dealkylation sites (tertiary alicyclic amines) is 1. The number of allylic oxidation sites excluding steroid dienone is 1. The van der Waals surface area contributed by atoms with Gasteiger partial charge in [0.2, 0.25) is 17.7 Å². The Morgan fingerprint density at radius 2 is 1.65 bits per heavy atom. The summed E-state index contributed by atoms with van der Waals surface area (Å²) < 4.78 is 5.68. The third-order valence-corrected chi connectivity index (χ3v) is 4.95. The summed E-state index contributed by atoms with van der Waals surface area (Å²) in [7, 11) is 0. The molecule has 4 aliphatic heterocycles. The van der Waals surface area contributed by atoms with Crippen molar-refractivity contribution in [3.63, 3.8) is 0 Å². The number of nitrogens with one attached hydrogen (secondary N) is 1. The number of fused-ring (bicyclic) bond motifs is 5. The maximum Gasteiger partial charge on any atom is 0.247 e. The molecule has 0 saturated carbocycles. The van der Waals surface area contributed by atoms with Crippen LogP contribution in [-0.4, -0.2) is 40.9 Å². The van der Waals surface area contributed by atoms with E-state index < -0.39 is 6.04 Å². The number of amides is 3. The molecule has 4 aliphatic rings. The number of ether oxygens (including phenoxy) is 1. The molecule has 0 aromatic rings. The SMILES string of the molecule is C=C1CC[C@H](N2C(=O)[C@@H]3[C@H](C2=O)[C@@H]2CC[C@H]3O2)C(=O)N1. The van der Waals surface area contributed by atoms with Crippen molar-refractivity contribution in [2.24, 2.45) is 11.8 Å². The summed E-state index contributed by atoms with van der Waals surface area (Å²) in [6.07, 6.45) is 2.49. The topological polar surface area (TPSA) is 75.7 Å². The van der Waals surface area contributed by atoms with E-state index in [0.29, 0.717) is 18.5 Å². The Bertz CT molecular complexity index is 515. The maximum atomic E-state index is 12.5. The number of carbonyl (C=O) groups is 3. The Morgan fingerprint density at radius 1 is 1.05 bits per heavy atom. The van der Waals surface area contributed by atoms with Crippen molar-refractivity contribution in [2.75, 3.05) is 0 Å². The number of carbonyl (C=O) groups excluding carboxylic acids is 3. The standard InChI is InChI=1S/C14H16N2O4/c1-6-2-3-7(12(17)15-6)16-13(18)10-8-4-5-9(20-8)11(10)14(16)19/h7-11H,1-5H2,(H,15,17)/t7-,8-,9+,10+,11-/m0/s1. The lowest BCUT2D eigenvalue weighted by Gasteiger charge is -2.30. The fraction of sp³-hybridized carbons (Fsp3) is 0.643. The zero-order chi connectivity index (χ0) is 14.0. The fourth-order valence-electron chi connectivity index (χ4n) is 4.05. The van der Waals surface area contributed by atoms with E-state index >= 15 is 0 Å². The predicted octanol–water partition coefficient (Wildman–Crippen LogP) is -0.0589. The molecule has 0 unspecified atom stereocenters. The molecule has 4 rings (SSSR count). The van der Waals surface area contributed by atoms with E-state index in [-0.39, 0.29) is 41.8 Å². The van der Waals surface area contributed by atoms with Gasteiger partial charge in [-0.05, 0) is 25.7 Å². The summed E-state index contributed by atoms with van der Waals surface area (Å²) >= 11 is 0. The first kappa shape index (κ1) is 12.1. The normalized spacial score (nSPS) is 43.2. The van der Waals surface area contributed by atoms with Crippen LogP contribution in [0.1, 0.15) is 25.7 Å². The van der Waals surface area contributed by atoms with Crippen LogP contribution in [0.3, 0.4) is 0 Å². The Balaban J connectivity index is 1.64. The van der Waals surface area contributed by atoms with Gasteiger partial charge in [0.15, 0.2) is 0 Å². The highest BCUT2D eigenvalue weighted by Crippen LogP contribution is 2.49. The second-order valence-electron chi connectivity index (χ2n) is 6.04. The van der Waals surface area contributed by atoms with E-state index in [1.54, 1.807) is 0 Å². The molecule has 3 amide bonds. The second-order valence-corrected chi connectivity index (χ2v) is 6.04. The number of piperidine rings is 1. The first-order chi connectivity index (χ1) is 9.58. The van der Waals surface area contributed by atoms with E-state index in [0.717, 1.165) is 12.8 Å². The van der Waals surface area contributed by atoms with Gasteiger partial charge in [-0.1, -0.05) is 6.58 Å². The van der Waals surface area contributed by atoms with Crippen LogP contribution in [0.15, 0.2) is 12.3 Å². The van der Waals surface area contributed by atoms with Crippen LogP contribution in [0.4, 0.5) is 0 Å². The molecule has 106 valence electrons. The molecular formula is C14H16N2O4. The molecular weight excluding hydrogens is 260 g/mol. The van der Waals surface area contributed by atoms with Crippen LogP contribution in [0.25, 0.3) is 0 Å². The molecule has 0 aliphatic carbocycles. The molecule has 1 N–H and O–H groups in total. The molecule has 0 aromatic heterocycles. The molecule has 0 aromatic carbocycles. The van der Waals surface area contributed by atoms with E-state index in [1.807, 2.05) is 0 Å². The highest BCUT2D eigenvalue weighted by Gasteiger charge is 2.63. The molecule has 4 heterocycles. The summed E-state index contributed by atoms with van der Waals surface area (Å²) in [5, 5.41) is 2.64. The van der Waals surface area contributed by atoms with E-state index in [2.05, 4.69) is 11.9 Å². The van der Waals surface area contributed by atoms with Gasteiger partial charge < -0.3 is 10.1 Å². The average Bonchev–Trinajstić information content (AvgIpc) is 3.06. The monoisotopic (exact) mass is 276 g/mol. The Labute approximate surface area is 116 Å². The van der Waals surface area contributed by atoms with Crippen LogP contribution in [0.2, 0.25) is 0 Å². The van der Waals surface area contributed by atoms with E-state index in [9.17, 15) is 14.4 Å². The summed E-state index contributed by atoms with van der Waals surface area (Å²) in [6, 6.07) is -0.675. The van der Waals surface area contributed by atoms with Crippen LogP contribution in [-0.2, 0) is 19.1 Å². The van der Waals surface area contributed by atoms with Gasteiger partial charge in [-0.2, -0.15) is 0 Å². The summed E-state index contributed by atoms with van der Waals surface area (Å²) in [6.45, 7) is 3.71. The van der Waals surface area contributed by atoms with Crippen molar-refractivity contribution in [3.05, 3.63) is 12.3 Å². The molecule has 0 radical (unpaired) electrons. The van der Waals surface area contributed by atoms with Crippen molar-refractivity contribution in [3.8, 4) is 0 Å². The largest absolute Gasteiger partial charge is 0.373 e. The minimum Gasteiger partial charge on any atom is -0.373 e. The van der Waals surface area contributed by atoms with Gasteiger partial charge in [0.05, 0.1) is 24.0 Å². The maximum absolute atomic E-state index is 12.5. The van der Waals surface area contributed by atoms with Gasteiger partial charge >= 0.3 is 0 Å². The van der Waals surface area contributed by atoms with Gasteiger partial charge in [0, 0.05) is 5.70 Å². The molecule has 4 saturated heterocycles. The molecule has 20 heavy (non-hydrogen) atoms. The number of nitrogens with zero attached hydrogens (tertiary/aromatic N) is 1. The minimum atomic E-state index is -0.675. The minimum absolute atomic E-state index is 0.131. The molecule has 6 nitrogen and oxygen atoms in total. The smallest absolute Gasteiger partial charge is 0.247 e. The van der Waals surface area contributed by atoms with Crippen molar-refractivity contribution in [1.29, 1.82) is 0 Å². The van der Waals surface area contributed by atoms with Gasteiger partial charge in [-0.15, -0.1) is 0 Å². The average molecular weight is 276 g/mol. The Hall–Kier alpha value is -1.69. The Kier molecular flexibility index (Phi) is 2.36. The number of rotatable bonds is 1. The van der Waals surface area contributed by atoms with Crippen molar-refractivity contribution in [1.82, 2.24) is 10.2 Å². The van der Waals surface area contributed by atoms with Crippen LogP contribution in [0, 0.1) is 11.8 Å². The molecule has 5 atom stereocenters. The highest BCUT2D eigenvalue weighted by atomic mass is 16.5. The number of imide groups is 1. The third kappa shape index (κ3) is 1.40. The van der Waals surface area contributed by atoms with E-state index in [1.165, 1.54) is 4.90 Å². The fourth-order valence-corrected chi connectivity index (χ4v) is 4.05. The van der Waals surface area contributed by atoms with Gasteiger partial charge in [0.1, 0.15) is 6.04 Å². The molecule has 0 spiro atoms. The molecule has 2 bridgehead atoms. The summed E-state index contributed by atoms with van der Waals surface area (Å²) in [5.74, 6) is -1.46. The van der Waals surface area contributed by atoms with Crippen LogP contribution >= 0.6 is 0 Å². The summed E-state index contributed by atoms with van der Waals surface area (Å²) in [4.78, 5) is 38.3. The lowest BCUT2D eigenvalue weighted by atomic mass is 9.81. The zero-order valence-corrected chi connectivity index (χ0v) is 11.0. The zero-order valence-electron chi connectivity index (χ0n) is 11.0. The van der Waals surface area contributed by atoms with Crippen molar-refractivity contribution < 1.29 is 19.1 Å². The highest BCUT2D eigenvalue weighted by molar-refractivity contribution is 6.09. The van der Waals surface area contributed by atoms with Gasteiger partial charge in [-0.25, -0.2) is 0 Å². The van der Waals surface area contributed by atoms with Crippen LogP contribution in [0.5, 0.6) is 0 Å². The Morgan fingerprint density at radius 3 is 2.20 bits per heavy atom. The molecule has 6 heteroatoms. The second kappa shape index (κ2) is 3.91. The lowest BCUT2D eigenvalue weighted by Crippen LogP contribution is -2.52. The van der Waals surface area contributed by atoms with Gasteiger partial charge in [0.25, 0.3) is 0 Å². The first-order valence-corrected chi connectivity index (χ1v) is 7.09. The predicted molar refractivity (Wildman–Crippen MR) is 67.0 cm³/mol. The first-order valence-electron chi connectivity index (χ1n) is 7.09. The number of hydrogen-bond acceptors (Lipinski definition) is 4. The van der Waals surface area contributed by atoms with E-state index in [4.69, 9.17) is 4.74 Å². The van der Waals surface area contributed by atoms with Crippen molar-refractivity contribution >= 4 is 17.7 Å². The van der Waals surface area contributed by atoms with Crippen molar-refractivity contribution in [2.45, 2.75) is 43.9 Å². The lowest BCUT2D eigenvalue weighted by molar-refractivity contribution is -0.150. The van der Waals surface area contributed by atoms with Crippen LogP contribution < -0.4 is 5.32 Å². The van der Waals surface area contributed by atoms with Gasteiger partial charge in [-0.3, -0.25) is 19.3 Å². The quantitative estimate of drug-likeness (QED) is 0.681.